The molecule has 2 N–H and O–H groups in total. The molecular weight excluding hydrogens is 321 g/mol. The third-order valence-corrected chi connectivity index (χ3v) is 3.59. The summed E-state index contributed by atoms with van der Waals surface area (Å²) in [5.74, 6) is -1.06. The maximum atomic E-state index is 11.5. The first-order valence-corrected chi connectivity index (χ1v) is 6.81. The number of aliphatic carboxylic acids is 1. The molecule has 0 saturated heterocycles. The number of hydrogen-bond donors (Lipinski definition) is 2. The Balaban J connectivity index is 2.37. The van der Waals surface area contributed by atoms with Crippen molar-refractivity contribution >= 4 is 46.5 Å². The van der Waals surface area contributed by atoms with Gasteiger partial charge in [0.05, 0.1) is 10.7 Å². The van der Waals surface area contributed by atoms with Gasteiger partial charge in [-0.15, -0.1) is 0 Å². The number of halogens is 3. The quantitative estimate of drug-likeness (QED) is 0.839. The number of benzene rings is 2. The highest BCUT2D eigenvalue weighted by molar-refractivity contribution is 6.35. The molecule has 0 fully saturated rings. The molecule has 0 aliphatic rings. The van der Waals surface area contributed by atoms with Crippen LogP contribution in [0.2, 0.25) is 15.1 Å². The van der Waals surface area contributed by atoms with Gasteiger partial charge in [0.2, 0.25) is 0 Å². The van der Waals surface area contributed by atoms with Gasteiger partial charge < -0.3 is 10.4 Å². The highest BCUT2D eigenvalue weighted by Gasteiger charge is 2.23. The van der Waals surface area contributed by atoms with E-state index in [1.54, 1.807) is 36.4 Å². The van der Waals surface area contributed by atoms with E-state index < -0.39 is 12.0 Å². The van der Waals surface area contributed by atoms with Gasteiger partial charge in [-0.05, 0) is 24.3 Å². The zero-order valence-electron chi connectivity index (χ0n) is 10.1. The van der Waals surface area contributed by atoms with Crippen LogP contribution < -0.4 is 5.32 Å². The summed E-state index contributed by atoms with van der Waals surface area (Å²) in [5, 5.41) is 13.4. The Morgan fingerprint density at radius 2 is 1.75 bits per heavy atom. The van der Waals surface area contributed by atoms with Crippen LogP contribution in [0.15, 0.2) is 42.5 Å². The van der Waals surface area contributed by atoms with Crippen molar-refractivity contribution < 1.29 is 9.90 Å². The largest absolute Gasteiger partial charge is 0.479 e. The fraction of sp³-hybridized carbons (Fsp3) is 0.0714. The molecule has 0 bridgehead atoms. The number of hydrogen-bond acceptors (Lipinski definition) is 2. The monoisotopic (exact) mass is 329 g/mol. The van der Waals surface area contributed by atoms with Crippen molar-refractivity contribution in [2.45, 2.75) is 6.04 Å². The van der Waals surface area contributed by atoms with Crippen molar-refractivity contribution in [3.05, 3.63) is 63.1 Å². The lowest BCUT2D eigenvalue weighted by molar-refractivity contribution is -0.138. The standard InChI is InChI=1S/C14H10Cl3NO2/c15-8-5-6-9(11(17)7-8)13(14(19)20)18-12-4-2-1-3-10(12)16/h1-7,13,18H,(H,19,20). The minimum absolute atomic E-state index is 0.282. The van der Waals surface area contributed by atoms with E-state index in [4.69, 9.17) is 34.8 Å². The molecule has 0 amide bonds. The van der Waals surface area contributed by atoms with E-state index in [2.05, 4.69) is 5.32 Å². The molecule has 2 rings (SSSR count). The predicted molar refractivity (Wildman–Crippen MR) is 81.9 cm³/mol. The smallest absolute Gasteiger partial charge is 0.330 e. The number of anilines is 1. The summed E-state index contributed by atoms with van der Waals surface area (Å²) >= 11 is 17.9. The Hall–Kier alpha value is -1.42. The zero-order chi connectivity index (χ0) is 14.7. The highest BCUT2D eigenvalue weighted by Crippen LogP contribution is 2.31. The second kappa shape index (κ2) is 6.35. The van der Waals surface area contributed by atoms with Crippen molar-refractivity contribution in [3.8, 4) is 0 Å². The van der Waals surface area contributed by atoms with Gasteiger partial charge >= 0.3 is 5.97 Å². The van der Waals surface area contributed by atoms with E-state index in [1.165, 1.54) is 6.07 Å². The molecule has 1 atom stereocenters. The lowest BCUT2D eigenvalue weighted by Gasteiger charge is -2.18. The van der Waals surface area contributed by atoms with Gasteiger partial charge in [0.15, 0.2) is 6.04 Å². The van der Waals surface area contributed by atoms with Crippen LogP contribution in [0.1, 0.15) is 11.6 Å². The van der Waals surface area contributed by atoms with Gasteiger partial charge in [0.1, 0.15) is 0 Å². The molecule has 104 valence electrons. The van der Waals surface area contributed by atoms with Crippen LogP contribution in [0, 0.1) is 0 Å². The third kappa shape index (κ3) is 3.37. The molecule has 0 aromatic heterocycles. The zero-order valence-corrected chi connectivity index (χ0v) is 12.4. The fourth-order valence-corrected chi connectivity index (χ4v) is 2.45. The van der Waals surface area contributed by atoms with Crippen molar-refractivity contribution in [3.63, 3.8) is 0 Å². The van der Waals surface area contributed by atoms with E-state index in [1.807, 2.05) is 0 Å². The summed E-state index contributed by atoms with van der Waals surface area (Å²) in [6, 6.07) is 10.5. The van der Waals surface area contributed by atoms with Gasteiger partial charge in [-0.3, -0.25) is 0 Å². The second-order valence-electron chi connectivity index (χ2n) is 4.06. The molecule has 2 aromatic carbocycles. The fourth-order valence-electron chi connectivity index (χ4n) is 1.74. The van der Waals surface area contributed by atoms with Crippen LogP contribution in [0.4, 0.5) is 5.69 Å². The van der Waals surface area contributed by atoms with Crippen LogP contribution in [0.25, 0.3) is 0 Å². The summed E-state index contributed by atoms with van der Waals surface area (Å²) in [7, 11) is 0. The minimum Gasteiger partial charge on any atom is -0.479 e. The molecule has 0 saturated carbocycles. The average Bonchev–Trinajstić information content (AvgIpc) is 2.38. The molecular formula is C14H10Cl3NO2. The number of para-hydroxylation sites is 1. The van der Waals surface area contributed by atoms with E-state index in [0.29, 0.717) is 21.3 Å². The summed E-state index contributed by atoms with van der Waals surface area (Å²) in [6.07, 6.45) is 0. The van der Waals surface area contributed by atoms with Crippen LogP contribution in [0.3, 0.4) is 0 Å². The number of carboxylic acid groups (broad SMARTS) is 1. The Bertz CT molecular complexity index is 646. The normalized spacial score (nSPS) is 11.9. The van der Waals surface area contributed by atoms with Crippen LogP contribution in [0.5, 0.6) is 0 Å². The predicted octanol–water partition coefficient (Wildman–Crippen LogP) is 4.88. The van der Waals surface area contributed by atoms with Gasteiger partial charge in [-0.1, -0.05) is 53.0 Å². The lowest BCUT2D eigenvalue weighted by Crippen LogP contribution is -2.21. The molecule has 0 aliphatic carbocycles. The Kier molecular flexibility index (Phi) is 4.76. The van der Waals surface area contributed by atoms with Crippen molar-refractivity contribution in [2.75, 3.05) is 5.32 Å². The topological polar surface area (TPSA) is 49.3 Å². The Morgan fingerprint density at radius 3 is 2.35 bits per heavy atom. The van der Waals surface area contributed by atoms with Gasteiger partial charge in [0, 0.05) is 15.6 Å². The molecule has 20 heavy (non-hydrogen) atoms. The van der Waals surface area contributed by atoms with E-state index in [-0.39, 0.29) is 5.02 Å². The average molecular weight is 331 g/mol. The van der Waals surface area contributed by atoms with E-state index in [9.17, 15) is 9.90 Å². The van der Waals surface area contributed by atoms with Gasteiger partial charge in [-0.2, -0.15) is 0 Å². The first-order valence-electron chi connectivity index (χ1n) is 5.68. The number of nitrogens with one attached hydrogen (secondary N) is 1. The Labute approximate surface area is 131 Å². The molecule has 3 nitrogen and oxygen atoms in total. The SMILES string of the molecule is O=C(O)C(Nc1ccccc1Cl)c1ccc(Cl)cc1Cl. The summed E-state index contributed by atoms with van der Waals surface area (Å²) < 4.78 is 0. The van der Waals surface area contributed by atoms with Crippen LogP contribution >= 0.6 is 34.8 Å². The molecule has 1 unspecified atom stereocenters. The number of carboxylic acids is 1. The number of carbonyl (C=O) groups is 1. The molecule has 2 aromatic rings. The van der Waals surface area contributed by atoms with Crippen LogP contribution in [-0.4, -0.2) is 11.1 Å². The first-order chi connectivity index (χ1) is 9.49. The van der Waals surface area contributed by atoms with Crippen LogP contribution in [-0.2, 0) is 4.79 Å². The summed E-state index contributed by atoms with van der Waals surface area (Å²) in [5.41, 5.74) is 0.941. The molecule has 0 heterocycles. The summed E-state index contributed by atoms with van der Waals surface area (Å²) in [6.45, 7) is 0. The lowest BCUT2D eigenvalue weighted by atomic mass is 10.1. The van der Waals surface area contributed by atoms with Crippen molar-refractivity contribution in [2.24, 2.45) is 0 Å². The number of rotatable bonds is 4. The maximum Gasteiger partial charge on any atom is 0.330 e. The summed E-state index contributed by atoms with van der Waals surface area (Å²) in [4.78, 5) is 11.5. The molecule has 0 aliphatic heterocycles. The molecule has 0 radical (unpaired) electrons. The van der Waals surface area contributed by atoms with E-state index >= 15 is 0 Å². The minimum atomic E-state index is -1.06. The van der Waals surface area contributed by atoms with Gasteiger partial charge in [-0.25, -0.2) is 4.79 Å². The van der Waals surface area contributed by atoms with E-state index in [0.717, 1.165) is 0 Å². The molecule has 0 spiro atoms. The highest BCUT2D eigenvalue weighted by atomic mass is 35.5. The first kappa shape index (κ1) is 15.0. The van der Waals surface area contributed by atoms with Crippen molar-refractivity contribution in [1.29, 1.82) is 0 Å². The third-order valence-electron chi connectivity index (χ3n) is 2.69. The Morgan fingerprint density at radius 1 is 1.05 bits per heavy atom. The maximum absolute atomic E-state index is 11.5. The van der Waals surface area contributed by atoms with Crippen molar-refractivity contribution in [1.82, 2.24) is 0 Å². The molecule has 6 heteroatoms. The second-order valence-corrected chi connectivity index (χ2v) is 5.31. The van der Waals surface area contributed by atoms with Gasteiger partial charge in [0.25, 0.3) is 0 Å².